The third-order valence-corrected chi connectivity index (χ3v) is 5.60. The van der Waals surface area contributed by atoms with Crippen molar-refractivity contribution < 1.29 is 19.4 Å². The summed E-state index contributed by atoms with van der Waals surface area (Å²) >= 11 is 0. The maximum Gasteiger partial charge on any atom is 0.222 e. The van der Waals surface area contributed by atoms with Crippen LogP contribution in [-0.4, -0.2) is 60.2 Å². The first-order valence-electron chi connectivity index (χ1n) is 9.21. The summed E-state index contributed by atoms with van der Waals surface area (Å²) in [6.07, 6.45) is 7.08. The highest BCUT2D eigenvalue weighted by Crippen LogP contribution is 2.35. The zero-order valence-corrected chi connectivity index (χ0v) is 13.6. The molecule has 5 unspecified atom stereocenters. The number of hydrogen-bond donors (Lipinski definition) is 3. The lowest BCUT2D eigenvalue weighted by atomic mass is 10.1. The summed E-state index contributed by atoms with van der Waals surface area (Å²) in [5, 5.41) is 16.9. The molecule has 4 rings (SSSR count). The van der Waals surface area contributed by atoms with Crippen molar-refractivity contribution in [2.75, 3.05) is 6.54 Å². The molecule has 0 aromatic heterocycles. The molecule has 2 heterocycles. The molecule has 0 aromatic rings. The SMILES string of the molecule is O=C(CC1CC2OC(CNC3CCCC3)C(O)C2O1)NC1CC1. The monoisotopic (exact) mass is 324 g/mol. The lowest BCUT2D eigenvalue weighted by molar-refractivity contribution is -0.124. The number of rotatable bonds is 6. The van der Waals surface area contributed by atoms with Gasteiger partial charge in [-0.15, -0.1) is 0 Å². The smallest absolute Gasteiger partial charge is 0.222 e. The molecule has 3 N–H and O–H groups in total. The van der Waals surface area contributed by atoms with Crippen LogP contribution in [0.3, 0.4) is 0 Å². The highest BCUT2D eigenvalue weighted by Gasteiger charge is 2.50. The molecule has 2 saturated heterocycles. The van der Waals surface area contributed by atoms with Crippen LogP contribution in [0.4, 0.5) is 0 Å². The van der Waals surface area contributed by atoms with E-state index in [0.29, 0.717) is 31.5 Å². The number of carbonyl (C=O) groups excluding carboxylic acids is 1. The fourth-order valence-corrected chi connectivity index (χ4v) is 4.14. The van der Waals surface area contributed by atoms with E-state index >= 15 is 0 Å². The number of fused-ring (bicyclic) bond motifs is 1. The number of ether oxygens (including phenoxy) is 2. The fraction of sp³-hybridized carbons (Fsp3) is 0.941. The minimum atomic E-state index is -0.592. The van der Waals surface area contributed by atoms with Gasteiger partial charge in [-0.2, -0.15) is 0 Å². The molecule has 1 amide bonds. The first-order valence-corrected chi connectivity index (χ1v) is 9.21. The van der Waals surface area contributed by atoms with Crippen LogP contribution in [0.1, 0.15) is 51.4 Å². The van der Waals surface area contributed by atoms with Gasteiger partial charge >= 0.3 is 0 Å². The van der Waals surface area contributed by atoms with Crippen LogP contribution in [0.25, 0.3) is 0 Å². The van der Waals surface area contributed by atoms with Crippen LogP contribution >= 0.6 is 0 Å². The highest BCUT2D eigenvalue weighted by atomic mass is 16.6. The molecule has 4 fully saturated rings. The van der Waals surface area contributed by atoms with Gasteiger partial charge in [-0.05, 0) is 25.7 Å². The Balaban J connectivity index is 1.21. The molecule has 0 radical (unpaired) electrons. The number of hydrogen-bond acceptors (Lipinski definition) is 5. The number of aliphatic hydroxyl groups excluding tert-OH is 1. The average molecular weight is 324 g/mol. The van der Waals surface area contributed by atoms with Crippen molar-refractivity contribution in [1.29, 1.82) is 0 Å². The molecular formula is C17H28N2O4. The van der Waals surface area contributed by atoms with Gasteiger partial charge in [0.2, 0.25) is 5.91 Å². The summed E-state index contributed by atoms with van der Waals surface area (Å²) in [5.74, 6) is 0.0615. The molecule has 130 valence electrons. The molecule has 0 bridgehead atoms. The Kier molecular flexibility index (Phi) is 4.58. The van der Waals surface area contributed by atoms with E-state index in [4.69, 9.17) is 9.47 Å². The van der Waals surface area contributed by atoms with Crippen LogP contribution in [-0.2, 0) is 14.3 Å². The summed E-state index contributed by atoms with van der Waals surface area (Å²) in [6, 6.07) is 0.960. The van der Waals surface area contributed by atoms with Gasteiger partial charge in [-0.3, -0.25) is 4.79 Å². The largest absolute Gasteiger partial charge is 0.388 e. The van der Waals surface area contributed by atoms with Crippen LogP contribution < -0.4 is 10.6 Å². The van der Waals surface area contributed by atoms with Gasteiger partial charge in [-0.1, -0.05) is 12.8 Å². The fourth-order valence-electron chi connectivity index (χ4n) is 4.14. The van der Waals surface area contributed by atoms with E-state index in [9.17, 15) is 9.90 Å². The minimum absolute atomic E-state index is 0.0615. The standard InChI is InChI=1S/C17H28N2O4/c20-15(19-11-5-6-11)8-12-7-13-17(22-12)16(21)14(23-13)9-18-10-3-1-2-4-10/h10-14,16-18,21H,1-9H2,(H,19,20). The quantitative estimate of drug-likeness (QED) is 0.662. The van der Waals surface area contributed by atoms with Crippen molar-refractivity contribution in [3.05, 3.63) is 0 Å². The molecule has 6 heteroatoms. The summed E-state index contributed by atoms with van der Waals surface area (Å²) in [6.45, 7) is 0.690. The van der Waals surface area contributed by atoms with Crippen molar-refractivity contribution in [3.8, 4) is 0 Å². The zero-order chi connectivity index (χ0) is 15.8. The third kappa shape index (κ3) is 3.71. The van der Waals surface area contributed by atoms with E-state index in [1.165, 1.54) is 25.7 Å². The number of carbonyl (C=O) groups is 1. The summed E-state index contributed by atoms with van der Waals surface area (Å²) < 4.78 is 11.9. The third-order valence-electron chi connectivity index (χ3n) is 5.60. The van der Waals surface area contributed by atoms with Crippen LogP contribution in [0.15, 0.2) is 0 Å². The molecule has 2 aliphatic carbocycles. The summed E-state index contributed by atoms with van der Waals surface area (Å²) in [5.41, 5.74) is 0. The molecule has 2 saturated carbocycles. The molecule has 5 atom stereocenters. The maximum absolute atomic E-state index is 11.9. The molecule has 23 heavy (non-hydrogen) atoms. The van der Waals surface area contributed by atoms with E-state index < -0.39 is 6.10 Å². The molecule has 2 aliphatic heterocycles. The Hall–Kier alpha value is -0.690. The van der Waals surface area contributed by atoms with Gasteiger partial charge in [-0.25, -0.2) is 0 Å². The number of aliphatic hydroxyl groups is 1. The van der Waals surface area contributed by atoms with E-state index in [1.807, 2.05) is 0 Å². The Morgan fingerprint density at radius 1 is 1.09 bits per heavy atom. The predicted molar refractivity (Wildman–Crippen MR) is 84.0 cm³/mol. The lowest BCUT2D eigenvalue weighted by Crippen LogP contribution is -2.41. The lowest BCUT2D eigenvalue weighted by Gasteiger charge is -2.21. The van der Waals surface area contributed by atoms with E-state index in [1.54, 1.807) is 0 Å². The van der Waals surface area contributed by atoms with Crippen molar-refractivity contribution in [2.45, 2.75) is 94.0 Å². The van der Waals surface area contributed by atoms with Crippen LogP contribution in [0.5, 0.6) is 0 Å². The Bertz CT molecular complexity index is 436. The molecular weight excluding hydrogens is 296 g/mol. The van der Waals surface area contributed by atoms with E-state index in [-0.39, 0.29) is 30.3 Å². The van der Waals surface area contributed by atoms with Gasteiger partial charge in [0.05, 0.1) is 24.7 Å². The van der Waals surface area contributed by atoms with Gasteiger partial charge in [0.1, 0.15) is 12.2 Å². The maximum atomic E-state index is 11.9. The van der Waals surface area contributed by atoms with Gasteiger partial charge in [0, 0.05) is 25.0 Å². The summed E-state index contributed by atoms with van der Waals surface area (Å²) in [7, 11) is 0. The summed E-state index contributed by atoms with van der Waals surface area (Å²) in [4.78, 5) is 11.9. The average Bonchev–Trinajstić information content (AvgIpc) is 2.94. The topological polar surface area (TPSA) is 79.8 Å². The van der Waals surface area contributed by atoms with Crippen molar-refractivity contribution in [1.82, 2.24) is 10.6 Å². The zero-order valence-electron chi connectivity index (χ0n) is 13.6. The second kappa shape index (κ2) is 6.67. The van der Waals surface area contributed by atoms with Gasteiger partial charge < -0.3 is 25.2 Å². The molecule has 0 aromatic carbocycles. The normalized spacial score (nSPS) is 40.5. The minimum Gasteiger partial charge on any atom is -0.388 e. The Labute approximate surface area is 137 Å². The predicted octanol–water partition coefficient (Wildman–Crippen LogP) is 0.473. The van der Waals surface area contributed by atoms with Gasteiger partial charge in [0.25, 0.3) is 0 Å². The van der Waals surface area contributed by atoms with Gasteiger partial charge in [0.15, 0.2) is 0 Å². The van der Waals surface area contributed by atoms with Crippen LogP contribution in [0.2, 0.25) is 0 Å². The molecule has 4 aliphatic rings. The molecule has 6 nitrogen and oxygen atoms in total. The van der Waals surface area contributed by atoms with Crippen molar-refractivity contribution in [3.63, 3.8) is 0 Å². The van der Waals surface area contributed by atoms with E-state index in [0.717, 1.165) is 12.8 Å². The first kappa shape index (κ1) is 15.8. The molecule has 0 spiro atoms. The number of amides is 1. The Morgan fingerprint density at radius 3 is 2.57 bits per heavy atom. The van der Waals surface area contributed by atoms with Crippen LogP contribution in [0, 0.1) is 0 Å². The number of nitrogens with one attached hydrogen (secondary N) is 2. The van der Waals surface area contributed by atoms with Crippen molar-refractivity contribution in [2.24, 2.45) is 0 Å². The first-order chi connectivity index (χ1) is 11.2. The second-order valence-electron chi connectivity index (χ2n) is 7.60. The highest BCUT2D eigenvalue weighted by molar-refractivity contribution is 5.77. The second-order valence-corrected chi connectivity index (χ2v) is 7.60. The van der Waals surface area contributed by atoms with Crippen molar-refractivity contribution >= 4 is 5.91 Å². The van der Waals surface area contributed by atoms with E-state index in [2.05, 4.69) is 10.6 Å². The Morgan fingerprint density at radius 2 is 1.87 bits per heavy atom.